The topological polar surface area (TPSA) is 52.4 Å². The molecule has 0 N–H and O–H groups in total. The van der Waals surface area contributed by atoms with Gasteiger partial charge in [-0.3, -0.25) is 4.90 Å². The summed E-state index contributed by atoms with van der Waals surface area (Å²) < 4.78 is 13.4. The second-order valence-corrected chi connectivity index (χ2v) is 6.03. The summed E-state index contributed by atoms with van der Waals surface area (Å²) in [4.78, 5) is 2.34. The highest BCUT2D eigenvalue weighted by Crippen LogP contribution is 2.38. The first-order valence-corrected chi connectivity index (χ1v) is 7.77. The SMILES string of the molecule is Cc1nnc2n1CCN(Cc1cc(Cl)c3c(c1)OCCO3)C2. The Morgan fingerprint density at radius 1 is 1.18 bits per heavy atom. The van der Waals surface area contributed by atoms with Gasteiger partial charge in [-0.15, -0.1) is 10.2 Å². The quantitative estimate of drug-likeness (QED) is 0.847. The molecule has 0 atom stereocenters. The van der Waals surface area contributed by atoms with Gasteiger partial charge in [-0.2, -0.15) is 0 Å². The van der Waals surface area contributed by atoms with Crippen molar-refractivity contribution in [3.05, 3.63) is 34.4 Å². The zero-order chi connectivity index (χ0) is 15.1. The van der Waals surface area contributed by atoms with E-state index in [4.69, 9.17) is 21.1 Å². The molecule has 0 spiro atoms. The third kappa shape index (κ3) is 2.42. The van der Waals surface area contributed by atoms with Crippen LogP contribution >= 0.6 is 11.6 Å². The van der Waals surface area contributed by atoms with Crippen molar-refractivity contribution in [1.29, 1.82) is 0 Å². The summed E-state index contributed by atoms with van der Waals surface area (Å²) in [5, 5.41) is 8.99. The highest BCUT2D eigenvalue weighted by molar-refractivity contribution is 6.32. The van der Waals surface area contributed by atoms with Crippen LogP contribution in [0, 0.1) is 6.92 Å². The number of benzene rings is 1. The number of fused-ring (bicyclic) bond motifs is 2. The van der Waals surface area contributed by atoms with Gasteiger partial charge in [-0.1, -0.05) is 11.6 Å². The lowest BCUT2D eigenvalue weighted by atomic mass is 10.1. The minimum atomic E-state index is 0.549. The molecule has 4 rings (SSSR count). The van der Waals surface area contributed by atoms with E-state index in [0.29, 0.717) is 24.0 Å². The molecule has 0 radical (unpaired) electrons. The zero-order valence-electron chi connectivity index (χ0n) is 12.4. The first-order valence-electron chi connectivity index (χ1n) is 7.40. The van der Waals surface area contributed by atoms with E-state index in [1.165, 1.54) is 0 Å². The van der Waals surface area contributed by atoms with E-state index in [-0.39, 0.29) is 0 Å². The summed E-state index contributed by atoms with van der Waals surface area (Å²) in [6.45, 7) is 6.61. The summed E-state index contributed by atoms with van der Waals surface area (Å²) in [5.41, 5.74) is 1.12. The molecule has 0 amide bonds. The first kappa shape index (κ1) is 13.8. The lowest BCUT2D eigenvalue weighted by Gasteiger charge is -2.28. The van der Waals surface area contributed by atoms with Crippen molar-refractivity contribution < 1.29 is 9.47 Å². The van der Waals surface area contributed by atoms with Crippen LogP contribution in [0.1, 0.15) is 17.2 Å². The molecular weight excluding hydrogens is 304 g/mol. The van der Waals surface area contributed by atoms with Gasteiger partial charge in [0.05, 0.1) is 11.6 Å². The molecule has 0 aliphatic carbocycles. The Labute approximate surface area is 133 Å². The molecule has 1 aromatic carbocycles. The summed E-state index contributed by atoms with van der Waals surface area (Å²) in [6.07, 6.45) is 0. The zero-order valence-corrected chi connectivity index (χ0v) is 13.1. The van der Waals surface area contributed by atoms with E-state index in [1.807, 2.05) is 19.1 Å². The third-order valence-corrected chi connectivity index (χ3v) is 4.36. The highest BCUT2D eigenvalue weighted by atomic mass is 35.5. The maximum Gasteiger partial charge on any atom is 0.179 e. The Balaban J connectivity index is 1.53. The van der Waals surface area contributed by atoms with E-state index in [1.54, 1.807) is 0 Å². The summed E-state index contributed by atoms with van der Waals surface area (Å²) in [6, 6.07) is 3.98. The lowest BCUT2D eigenvalue weighted by Crippen LogP contribution is -2.33. The fraction of sp³-hybridized carbons (Fsp3) is 0.467. The Bertz CT molecular complexity index is 716. The molecule has 0 fully saturated rings. The van der Waals surface area contributed by atoms with E-state index >= 15 is 0 Å². The van der Waals surface area contributed by atoms with E-state index in [0.717, 1.165) is 49.1 Å². The van der Waals surface area contributed by atoms with Crippen LogP contribution < -0.4 is 9.47 Å². The molecule has 6 nitrogen and oxygen atoms in total. The fourth-order valence-corrected chi connectivity index (χ4v) is 3.29. The molecule has 22 heavy (non-hydrogen) atoms. The number of hydrogen-bond acceptors (Lipinski definition) is 5. The van der Waals surface area contributed by atoms with Gasteiger partial charge < -0.3 is 14.0 Å². The number of hydrogen-bond donors (Lipinski definition) is 0. The van der Waals surface area contributed by atoms with Crippen molar-refractivity contribution in [2.24, 2.45) is 0 Å². The van der Waals surface area contributed by atoms with Crippen molar-refractivity contribution in [2.75, 3.05) is 19.8 Å². The Morgan fingerprint density at radius 2 is 2.05 bits per heavy atom. The van der Waals surface area contributed by atoms with Crippen LogP contribution in [0.4, 0.5) is 0 Å². The van der Waals surface area contributed by atoms with Gasteiger partial charge in [0, 0.05) is 19.6 Å². The molecule has 116 valence electrons. The van der Waals surface area contributed by atoms with Crippen molar-refractivity contribution >= 4 is 11.6 Å². The van der Waals surface area contributed by atoms with Crippen LogP contribution in [0.25, 0.3) is 0 Å². The van der Waals surface area contributed by atoms with E-state index < -0.39 is 0 Å². The molecule has 0 unspecified atom stereocenters. The minimum Gasteiger partial charge on any atom is -0.486 e. The van der Waals surface area contributed by atoms with E-state index in [9.17, 15) is 0 Å². The summed E-state index contributed by atoms with van der Waals surface area (Å²) >= 11 is 6.30. The van der Waals surface area contributed by atoms with Gasteiger partial charge in [0.25, 0.3) is 0 Å². The highest BCUT2D eigenvalue weighted by Gasteiger charge is 2.21. The molecule has 7 heteroatoms. The first-order chi connectivity index (χ1) is 10.7. The van der Waals surface area contributed by atoms with Gasteiger partial charge in [0.15, 0.2) is 11.5 Å². The smallest absolute Gasteiger partial charge is 0.179 e. The molecular formula is C15H17ClN4O2. The number of aryl methyl sites for hydroxylation is 1. The number of aromatic nitrogens is 3. The summed E-state index contributed by atoms with van der Waals surface area (Å²) in [7, 11) is 0. The predicted molar refractivity (Wildman–Crippen MR) is 81.3 cm³/mol. The minimum absolute atomic E-state index is 0.549. The average molecular weight is 321 g/mol. The number of rotatable bonds is 2. The maximum atomic E-state index is 6.30. The van der Waals surface area contributed by atoms with Gasteiger partial charge >= 0.3 is 0 Å². The molecule has 1 aromatic heterocycles. The second kappa shape index (κ2) is 5.44. The van der Waals surface area contributed by atoms with E-state index in [2.05, 4.69) is 19.7 Å². The van der Waals surface area contributed by atoms with Gasteiger partial charge in [0.2, 0.25) is 0 Å². The molecule has 2 aromatic rings. The molecule has 3 heterocycles. The molecule has 2 aliphatic heterocycles. The number of nitrogens with zero attached hydrogens (tertiary/aromatic N) is 4. The predicted octanol–water partition coefficient (Wildman–Crippen LogP) is 2.03. The Morgan fingerprint density at radius 3 is 2.95 bits per heavy atom. The largest absolute Gasteiger partial charge is 0.486 e. The number of ether oxygens (including phenoxy) is 2. The lowest BCUT2D eigenvalue weighted by molar-refractivity contribution is 0.170. The molecule has 2 aliphatic rings. The van der Waals surface area contributed by atoms with Crippen molar-refractivity contribution in [3.63, 3.8) is 0 Å². The van der Waals surface area contributed by atoms with Crippen molar-refractivity contribution in [1.82, 2.24) is 19.7 Å². The molecule has 0 saturated carbocycles. The second-order valence-electron chi connectivity index (χ2n) is 5.63. The van der Waals surface area contributed by atoms with Crippen LogP contribution in [-0.4, -0.2) is 39.4 Å². The van der Waals surface area contributed by atoms with Crippen LogP contribution in [0.2, 0.25) is 5.02 Å². The van der Waals surface area contributed by atoms with Gasteiger partial charge in [-0.05, 0) is 24.6 Å². The van der Waals surface area contributed by atoms with Crippen molar-refractivity contribution in [2.45, 2.75) is 26.6 Å². The standard InChI is InChI=1S/C15H17ClN4O2/c1-10-17-18-14-9-19(2-3-20(10)14)8-11-6-12(16)15-13(7-11)21-4-5-22-15/h6-7H,2-5,8-9H2,1H3. The normalized spacial score (nSPS) is 17.4. The van der Waals surface area contributed by atoms with Crippen LogP contribution in [-0.2, 0) is 19.6 Å². The van der Waals surface area contributed by atoms with Crippen LogP contribution in [0.15, 0.2) is 12.1 Å². The molecule has 0 bridgehead atoms. The fourth-order valence-electron chi connectivity index (χ4n) is 3.00. The number of halogens is 1. The van der Waals surface area contributed by atoms with Gasteiger partial charge in [0.1, 0.15) is 24.9 Å². The van der Waals surface area contributed by atoms with Crippen LogP contribution in [0.3, 0.4) is 0 Å². The van der Waals surface area contributed by atoms with Gasteiger partial charge in [-0.25, -0.2) is 0 Å². The maximum absolute atomic E-state index is 6.30. The Hall–Kier alpha value is -1.79. The molecule has 0 saturated heterocycles. The van der Waals surface area contributed by atoms with Crippen LogP contribution in [0.5, 0.6) is 11.5 Å². The Kier molecular flexibility index (Phi) is 3.43. The monoisotopic (exact) mass is 320 g/mol. The summed E-state index contributed by atoms with van der Waals surface area (Å²) in [5.74, 6) is 3.40. The van der Waals surface area contributed by atoms with Crippen molar-refractivity contribution in [3.8, 4) is 11.5 Å². The average Bonchev–Trinajstić information content (AvgIpc) is 2.88. The third-order valence-electron chi connectivity index (χ3n) is 4.08.